The Balaban J connectivity index is 1.38. The maximum absolute atomic E-state index is 14.4. The van der Waals surface area contributed by atoms with Gasteiger partial charge < -0.3 is 25.7 Å². The van der Waals surface area contributed by atoms with Gasteiger partial charge >= 0.3 is 0 Å². The van der Waals surface area contributed by atoms with Gasteiger partial charge in [-0.2, -0.15) is 4.98 Å². The van der Waals surface area contributed by atoms with Crippen molar-refractivity contribution in [2.45, 2.75) is 26.4 Å². The van der Waals surface area contributed by atoms with E-state index in [2.05, 4.69) is 40.9 Å². The molecular weight excluding hydrogens is 415 g/mol. The second-order valence-electron chi connectivity index (χ2n) is 7.80. The van der Waals surface area contributed by atoms with Crippen LogP contribution in [0.1, 0.15) is 19.7 Å². The van der Waals surface area contributed by atoms with E-state index in [1.807, 2.05) is 25.1 Å². The minimum Gasteiger partial charge on any atom is -0.474 e. The molecule has 1 aliphatic rings. The van der Waals surface area contributed by atoms with E-state index in [0.29, 0.717) is 11.4 Å². The van der Waals surface area contributed by atoms with E-state index in [1.165, 1.54) is 0 Å². The van der Waals surface area contributed by atoms with E-state index in [1.54, 1.807) is 26.0 Å². The smallest absolute Gasteiger partial charge is 0.269 e. The number of hydrogen-bond donors (Lipinski definition) is 4. The molecule has 0 bridgehead atoms. The molecule has 0 spiro atoms. The minimum atomic E-state index is -0.999. The zero-order valence-electron chi connectivity index (χ0n) is 17.4. The van der Waals surface area contributed by atoms with Gasteiger partial charge in [0.2, 0.25) is 5.95 Å². The van der Waals surface area contributed by atoms with Crippen LogP contribution in [0.25, 0.3) is 11.0 Å². The standard InChI is InChI=1S/C21H19FN8O2/c1-10-24-13-5-4-11(8-14(13)25-10)26-20-23-9-12(22)17(30-20)27-16-7-6-15-18(28-16)29-19(31)21(2,3)32-15/h4-9H,1-3H3,(H,24,25)(H3,23,26,27,28,29,30,31). The van der Waals surface area contributed by atoms with E-state index >= 15 is 0 Å². The topological polar surface area (TPSA) is 130 Å². The monoisotopic (exact) mass is 434 g/mol. The average Bonchev–Trinajstić information content (AvgIpc) is 3.11. The molecule has 1 aliphatic heterocycles. The number of nitrogens with one attached hydrogen (secondary N) is 4. The molecule has 0 radical (unpaired) electrons. The number of ether oxygens (including phenoxy) is 1. The number of rotatable bonds is 4. The Labute approximate surface area is 181 Å². The predicted molar refractivity (Wildman–Crippen MR) is 117 cm³/mol. The normalized spacial score (nSPS) is 14.4. The first kappa shape index (κ1) is 19.7. The number of nitrogens with zero attached hydrogens (tertiary/aromatic N) is 4. The second kappa shape index (κ2) is 7.15. The SMILES string of the molecule is Cc1nc2cc(Nc3ncc(F)c(Nc4ccc5c(n4)NC(=O)C(C)(C)O5)n3)ccc2[nH]1. The lowest BCUT2D eigenvalue weighted by molar-refractivity contribution is -0.129. The van der Waals surface area contributed by atoms with Crippen LogP contribution in [0.15, 0.2) is 36.5 Å². The molecule has 0 saturated carbocycles. The third kappa shape index (κ3) is 3.64. The van der Waals surface area contributed by atoms with Crippen molar-refractivity contribution in [2.75, 3.05) is 16.0 Å². The Morgan fingerprint density at radius 2 is 1.94 bits per heavy atom. The molecule has 0 fully saturated rings. The molecule has 4 heterocycles. The number of halogens is 1. The summed E-state index contributed by atoms with van der Waals surface area (Å²) in [6.07, 6.45) is 1.06. The molecule has 5 rings (SSSR count). The van der Waals surface area contributed by atoms with Crippen molar-refractivity contribution in [2.24, 2.45) is 0 Å². The van der Waals surface area contributed by atoms with Gasteiger partial charge in [0.05, 0.1) is 17.2 Å². The number of hydrogen-bond acceptors (Lipinski definition) is 8. The molecule has 4 N–H and O–H groups in total. The van der Waals surface area contributed by atoms with Crippen LogP contribution < -0.4 is 20.7 Å². The molecule has 10 nitrogen and oxygen atoms in total. The Morgan fingerprint density at radius 3 is 2.78 bits per heavy atom. The first-order valence-electron chi connectivity index (χ1n) is 9.81. The van der Waals surface area contributed by atoms with E-state index in [4.69, 9.17) is 4.74 Å². The zero-order chi connectivity index (χ0) is 22.5. The van der Waals surface area contributed by atoms with Gasteiger partial charge in [-0.25, -0.2) is 19.3 Å². The lowest BCUT2D eigenvalue weighted by Gasteiger charge is -2.30. The molecule has 0 saturated heterocycles. The highest BCUT2D eigenvalue weighted by Crippen LogP contribution is 2.33. The third-order valence-electron chi connectivity index (χ3n) is 4.85. The molecule has 1 aromatic carbocycles. The first-order valence-corrected chi connectivity index (χ1v) is 9.81. The Kier molecular flexibility index (Phi) is 4.40. The summed E-state index contributed by atoms with van der Waals surface area (Å²) in [6.45, 7) is 5.20. The van der Waals surface area contributed by atoms with Crippen molar-refractivity contribution in [1.82, 2.24) is 24.9 Å². The molecule has 11 heteroatoms. The highest BCUT2D eigenvalue weighted by molar-refractivity contribution is 5.99. The summed E-state index contributed by atoms with van der Waals surface area (Å²) in [4.78, 5) is 32.1. The van der Waals surface area contributed by atoms with E-state index in [9.17, 15) is 9.18 Å². The maximum atomic E-state index is 14.4. The Hall–Kier alpha value is -4.28. The molecule has 0 atom stereocenters. The molecule has 3 aromatic heterocycles. The fourth-order valence-corrected chi connectivity index (χ4v) is 3.24. The van der Waals surface area contributed by atoms with Crippen molar-refractivity contribution in [3.8, 4) is 5.75 Å². The fourth-order valence-electron chi connectivity index (χ4n) is 3.24. The number of aromatic nitrogens is 5. The zero-order valence-corrected chi connectivity index (χ0v) is 17.4. The van der Waals surface area contributed by atoms with E-state index in [-0.39, 0.29) is 29.3 Å². The van der Waals surface area contributed by atoms with Gasteiger partial charge in [-0.1, -0.05) is 0 Å². The van der Waals surface area contributed by atoms with Crippen LogP contribution in [-0.4, -0.2) is 36.4 Å². The van der Waals surface area contributed by atoms with E-state index in [0.717, 1.165) is 23.1 Å². The van der Waals surface area contributed by atoms with Crippen molar-refractivity contribution < 1.29 is 13.9 Å². The number of anilines is 5. The number of pyridine rings is 1. The summed E-state index contributed by atoms with van der Waals surface area (Å²) in [5.74, 6) is 0.901. The first-order chi connectivity index (χ1) is 15.3. The second-order valence-corrected chi connectivity index (χ2v) is 7.80. The highest BCUT2D eigenvalue weighted by atomic mass is 19.1. The summed E-state index contributed by atoms with van der Waals surface area (Å²) in [7, 11) is 0. The number of imidazole rings is 1. The van der Waals surface area contributed by atoms with Crippen LogP contribution in [0.2, 0.25) is 0 Å². The Bertz CT molecular complexity index is 1370. The fraction of sp³-hybridized carbons (Fsp3) is 0.190. The third-order valence-corrected chi connectivity index (χ3v) is 4.85. The number of aromatic amines is 1. The van der Waals surface area contributed by atoms with Crippen molar-refractivity contribution in [1.29, 1.82) is 0 Å². The van der Waals surface area contributed by atoms with Crippen molar-refractivity contribution in [3.63, 3.8) is 0 Å². The molecule has 32 heavy (non-hydrogen) atoms. The van der Waals surface area contributed by atoms with Gasteiger partial charge in [0.25, 0.3) is 5.91 Å². The summed E-state index contributed by atoms with van der Waals surface area (Å²) in [6, 6.07) is 8.82. The van der Waals surface area contributed by atoms with Gasteiger partial charge in [0.1, 0.15) is 11.6 Å². The lowest BCUT2D eigenvalue weighted by Crippen LogP contribution is -2.46. The van der Waals surface area contributed by atoms with Crippen LogP contribution in [0.4, 0.5) is 33.5 Å². The van der Waals surface area contributed by atoms with Crippen LogP contribution in [-0.2, 0) is 4.79 Å². The molecule has 0 unspecified atom stereocenters. The lowest BCUT2D eigenvalue weighted by atomic mass is 10.1. The number of fused-ring (bicyclic) bond motifs is 2. The molecule has 1 amide bonds. The molecular formula is C21H19FN8O2. The number of carbonyl (C=O) groups excluding carboxylic acids is 1. The van der Waals surface area contributed by atoms with Crippen molar-refractivity contribution >= 4 is 46.0 Å². The number of H-pyrrole nitrogens is 1. The quantitative estimate of drug-likeness (QED) is 0.382. The number of carbonyl (C=O) groups is 1. The van der Waals surface area contributed by atoms with Gasteiger partial charge in [-0.15, -0.1) is 0 Å². The number of amides is 1. The molecule has 4 aromatic rings. The summed E-state index contributed by atoms with van der Waals surface area (Å²) < 4.78 is 20.0. The van der Waals surface area contributed by atoms with Gasteiger partial charge in [-0.3, -0.25) is 4.79 Å². The maximum Gasteiger partial charge on any atom is 0.269 e. The molecule has 162 valence electrons. The largest absolute Gasteiger partial charge is 0.474 e. The average molecular weight is 434 g/mol. The Morgan fingerprint density at radius 1 is 1.09 bits per heavy atom. The van der Waals surface area contributed by atoms with Gasteiger partial charge in [0, 0.05) is 5.69 Å². The summed E-state index contributed by atoms with van der Waals surface area (Å²) >= 11 is 0. The highest BCUT2D eigenvalue weighted by Gasteiger charge is 2.36. The van der Waals surface area contributed by atoms with Gasteiger partial charge in [0.15, 0.2) is 28.8 Å². The predicted octanol–water partition coefficient (Wildman–Crippen LogP) is 3.79. The number of aryl methyl sites for hydroxylation is 1. The van der Waals surface area contributed by atoms with Crippen LogP contribution in [0.3, 0.4) is 0 Å². The summed E-state index contributed by atoms with van der Waals surface area (Å²) in [5.41, 5.74) is 1.41. The molecule has 0 aliphatic carbocycles. The van der Waals surface area contributed by atoms with Crippen LogP contribution in [0.5, 0.6) is 5.75 Å². The van der Waals surface area contributed by atoms with Crippen LogP contribution in [0, 0.1) is 12.7 Å². The summed E-state index contributed by atoms with van der Waals surface area (Å²) in [5, 5.41) is 8.55. The number of benzene rings is 1. The minimum absolute atomic E-state index is 0.0740. The van der Waals surface area contributed by atoms with Gasteiger partial charge in [-0.05, 0) is 51.1 Å². The van der Waals surface area contributed by atoms with Crippen LogP contribution >= 0.6 is 0 Å². The van der Waals surface area contributed by atoms with E-state index < -0.39 is 11.4 Å². The van der Waals surface area contributed by atoms with Crippen molar-refractivity contribution in [3.05, 3.63) is 48.2 Å².